The molecule has 0 fully saturated rings. The van der Waals surface area contributed by atoms with Crippen molar-refractivity contribution in [2.24, 2.45) is 5.73 Å². The maximum atomic E-state index is 11.9. The highest BCUT2D eigenvalue weighted by atomic mass is 35.5. The molecule has 0 aliphatic carbocycles. The van der Waals surface area contributed by atoms with E-state index < -0.39 is 11.9 Å². The van der Waals surface area contributed by atoms with Gasteiger partial charge >= 0.3 is 0 Å². The van der Waals surface area contributed by atoms with Crippen LogP contribution in [0, 0.1) is 0 Å². The number of Topliss-reactive ketones (excluding diaryl/α,β-unsaturated/α-hetero) is 1. The largest absolute Gasteiger partial charge is 0.364 e. The highest BCUT2D eigenvalue weighted by Crippen LogP contribution is 2.28. The average molecular weight is 340 g/mol. The summed E-state index contributed by atoms with van der Waals surface area (Å²) < 4.78 is 1.60. The molecule has 1 unspecified atom stereocenters. The predicted molar refractivity (Wildman–Crippen MR) is 85.2 cm³/mol. The van der Waals surface area contributed by atoms with Gasteiger partial charge in [0.15, 0.2) is 5.78 Å². The fraction of sp³-hybridized carbons (Fsp3) is 0.267. The zero-order valence-corrected chi connectivity index (χ0v) is 13.4. The number of primary amides is 1. The number of ketones is 1. The van der Waals surface area contributed by atoms with Gasteiger partial charge in [0.1, 0.15) is 5.69 Å². The Bertz CT molecular complexity index is 713. The van der Waals surface area contributed by atoms with Gasteiger partial charge in [-0.3, -0.25) is 9.59 Å². The van der Waals surface area contributed by atoms with E-state index in [0.717, 1.165) is 5.56 Å². The van der Waals surface area contributed by atoms with Gasteiger partial charge in [-0.25, -0.2) is 4.98 Å². The minimum atomic E-state index is -0.626. The van der Waals surface area contributed by atoms with E-state index in [1.807, 2.05) is 12.1 Å². The second-order valence-corrected chi connectivity index (χ2v) is 5.73. The van der Waals surface area contributed by atoms with Gasteiger partial charge in [-0.2, -0.15) is 0 Å². The summed E-state index contributed by atoms with van der Waals surface area (Å²) in [5, 5.41) is 0.979. The summed E-state index contributed by atoms with van der Waals surface area (Å²) in [7, 11) is 0. The molecular formula is C15H15Cl2N3O2. The van der Waals surface area contributed by atoms with Gasteiger partial charge in [0.05, 0.1) is 22.4 Å². The standard InChI is InChI=1S/C15H15Cl2N3O2/c1-9(21)13(20-7-12(15(18)22)19-8-20)6-5-10-3-2-4-11(16)14(10)17/h2-4,7-8,13H,5-6H2,1H3,(H2,18,22). The van der Waals surface area contributed by atoms with E-state index >= 15 is 0 Å². The number of nitrogens with two attached hydrogens (primary N) is 1. The van der Waals surface area contributed by atoms with Crippen LogP contribution in [0.15, 0.2) is 30.7 Å². The van der Waals surface area contributed by atoms with Gasteiger partial charge < -0.3 is 10.3 Å². The molecule has 1 aromatic heterocycles. The number of hydrogen-bond acceptors (Lipinski definition) is 3. The number of rotatable bonds is 6. The molecule has 0 saturated carbocycles. The molecule has 0 bridgehead atoms. The first-order chi connectivity index (χ1) is 10.4. The Labute approximate surface area is 138 Å². The number of benzene rings is 1. The highest BCUT2D eigenvalue weighted by molar-refractivity contribution is 6.42. The molecule has 2 rings (SSSR count). The molecule has 1 amide bonds. The lowest BCUT2D eigenvalue weighted by Crippen LogP contribution is -2.17. The van der Waals surface area contributed by atoms with Crippen LogP contribution < -0.4 is 5.73 Å². The summed E-state index contributed by atoms with van der Waals surface area (Å²) in [5.74, 6) is -0.662. The monoisotopic (exact) mass is 339 g/mol. The normalized spacial score (nSPS) is 12.1. The van der Waals surface area contributed by atoms with E-state index in [1.54, 1.807) is 10.6 Å². The van der Waals surface area contributed by atoms with Crippen LogP contribution in [0.3, 0.4) is 0 Å². The van der Waals surface area contributed by atoms with Crippen molar-refractivity contribution >= 4 is 34.9 Å². The molecule has 22 heavy (non-hydrogen) atoms. The lowest BCUT2D eigenvalue weighted by atomic mass is 10.0. The van der Waals surface area contributed by atoms with Crippen molar-refractivity contribution in [1.29, 1.82) is 0 Å². The number of amides is 1. The van der Waals surface area contributed by atoms with Crippen LogP contribution in [0.1, 0.15) is 35.4 Å². The van der Waals surface area contributed by atoms with E-state index in [1.165, 1.54) is 19.4 Å². The molecular weight excluding hydrogens is 325 g/mol. The summed E-state index contributed by atoms with van der Waals surface area (Å²) in [6.07, 6.45) is 4.01. The zero-order valence-electron chi connectivity index (χ0n) is 11.9. The van der Waals surface area contributed by atoms with E-state index in [-0.39, 0.29) is 11.5 Å². The summed E-state index contributed by atoms with van der Waals surface area (Å²) in [6, 6.07) is 4.96. The van der Waals surface area contributed by atoms with Gasteiger partial charge in [-0.1, -0.05) is 35.3 Å². The zero-order chi connectivity index (χ0) is 16.3. The van der Waals surface area contributed by atoms with Crippen LogP contribution in [0.5, 0.6) is 0 Å². The molecule has 0 aliphatic rings. The third-order valence-electron chi connectivity index (χ3n) is 3.40. The third kappa shape index (κ3) is 3.67. The lowest BCUT2D eigenvalue weighted by Gasteiger charge is -2.15. The highest BCUT2D eigenvalue weighted by Gasteiger charge is 2.18. The molecule has 1 heterocycles. The molecule has 0 radical (unpaired) electrons. The van der Waals surface area contributed by atoms with Crippen molar-refractivity contribution in [2.75, 3.05) is 0 Å². The Hall–Kier alpha value is -1.85. The first-order valence-corrected chi connectivity index (χ1v) is 7.42. The predicted octanol–water partition coefficient (Wildman–Crippen LogP) is 3.05. The van der Waals surface area contributed by atoms with Crippen LogP contribution in [0.25, 0.3) is 0 Å². The minimum absolute atomic E-state index is 0.0356. The molecule has 116 valence electrons. The van der Waals surface area contributed by atoms with Crippen LogP contribution in [0.2, 0.25) is 10.0 Å². The van der Waals surface area contributed by atoms with E-state index in [4.69, 9.17) is 28.9 Å². The van der Waals surface area contributed by atoms with Crippen molar-refractivity contribution < 1.29 is 9.59 Å². The molecule has 1 atom stereocenters. The maximum Gasteiger partial charge on any atom is 0.268 e. The van der Waals surface area contributed by atoms with Gasteiger partial charge in [0.2, 0.25) is 0 Å². The first-order valence-electron chi connectivity index (χ1n) is 6.66. The Morgan fingerprint density at radius 1 is 1.36 bits per heavy atom. The van der Waals surface area contributed by atoms with Crippen molar-refractivity contribution in [3.05, 3.63) is 52.0 Å². The average Bonchev–Trinajstić information content (AvgIpc) is 2.93. The molecule has 1 aromatic carbocycles. The number of imidazole rings is 1. The summed E-state index contributed by atoms with van der Waals surface area (Å²) in [4.78, 5) is 26.9. The number of aromatic nitrogens is 2. The number of halogens is 2. The SMILES string of the molecule is CC(=O)C(CCc1cccc(Cl)c1Cl)n1cnc(C(N)=O)c1. The van der Waals surface area contributed by atoms with Crippen molar-refractivity contribution in [3.63, 3.8) is 0 Å². The van der Waals surface area contributed by atoms with Gasteiger partial charge in [-0.15, -0.1) is 0 Å². The Morgan fingerprint density at radius 2 is 2.09 bits per heavy atom. The number of nitrogens with zero attached hydrogens (tertiary/aromatic N) is 2. The molecule has 5 nitrogen and oxygen atoms in total. The third-order valence-corrected chi connectivity index (χ3v) is 4.26. The molecule has 2 N–H and O–H groups in total. The summed E-state index contributed by atoms with van der Waals surface area (Å²) in [5.41, 5.74) is 6.18. The second kappa shape index (κ2) is 6.94. The number of carbonyl (C=O) groups is 2. The van der Waals surface area contributed by atoms with Crippen LogP contribution in [0.4, 0.5) is 0 Å². The Kier molecular flexibility index (Phi) is 5.21. The molecule has 2 aromatic rings. The molecule has 7 heteroatoms. The quantitative estimate of drug-likeness (QED) is 0.878. The Morgan fingerprint density at radius 3 is 2.68 bits per heavy atom. The molecule has 0 spiro atoms. The van der Waals surface area contributed by atoms with Gasteiger partial charge in [-0.05, 0) is 31.4 Å². The second-order valence-electron chi connectivity index (χ2n) is 4.95. The van der Waals surface area contributed by atoms with E-state index in [9.17, 15) is 9.59 Å². The summed E-state index contributed by atoms with van der Waals surface area (Å²) in [6.45, 7) is 1.49. The fourth-order valence-electron chi connectivity index (χ4n) is 2.23. The topological polar surface area (TPSA) is 78.0 Å². The Balaban J connectivity index is 2.17. The van der Waals surface area contributed by atoms with Gasteiger partial charge in [0, 0.05) is 6.20 Å². The van der Waals surface area contributed by atoms with Gasteiger partial charge in [0.25, 0.3) is 5.91 Å². The van der Waals surface area contributed by atoms with Crippen molar-refractivity contribution in [2.45, 2.75) is 25.8 Å². The van der Waals surface area contributed by atoms with Crippen molar-refractivity contribution in [3.8, 4) is 0 Å². The number of carbonyl (C=O) groups excluding carboxylic acids is 2. The van der Waals surface area contributed by atoms with E-state index in [0.29, 0.717) is 22.9 Å². The van der Waals surface area contributed by atoms with Crippen LogP contribution >= 0.6 is 23.2 Å². The molecule has 0 saturated heterocycles. The molecule has 0 aliphatic heterocycles. The minimum Gasteiger partial charge on any atom is -0.364 e. The lowest BCUT2D eigenvalue weighted by molar-refractivity contribution is -0.120. The number of hydrogen-bond donors (Lipinski definition) is 1. The van der Waals surface area contributed by atoms with Crippen molar-refractivity contribution in [1.82, 2.24) is 9.55 Å². The maximum absolute atomic E-state index is 11.9. The fourth-order valence-corrected chi connectivity index (χ4v) is 2.65. The summed E-state index contributed by atoms with van der Waals surface area (Å²) >= 11 is 12.1. The van der Waals surface area contributed by atoms with Crippen LogP contribution in [-0.4, -0.2) is 21.2 Å². The number of aryl methyl sites for hydroxylation is 1. The van der Waals surface area contributed by atoms with Crippen LogP contribution in [-0.2, 0) is 11.2 Å². The first kappa shape index (κ1) is 16.5. The van der Waals surface area contributed by atoms with E-state index in [2.05, 4.69) is 4.98 Å². The smallest absolute Gasteiger partial charge is 0.268 e.